The molecule has 1 heterocycles. The number of hydrogen-bond acceptors (Lipinski definition) is 6. The summed E-state index contributed by atoms with van der Waals surface area (Å²) >= 11 is 1.39. The minimum atomic E-state index is -0.989. The molecule has 1 aromatic rings. The van der Waals surface area contributed by atoms with Crippen molar-refractivity contribution in [1.82, 2.24) is 10.1 Å². The van der Waals surface area contributed by atoms with Crippen LogP contribution in [0.25, 0.3) is 0 Å². The van der Waals surface area contributed by atoms with Gasteiger partial charge in [0.05, 0.1) is 5.75 Å². The summed E-state index contributed by atoms with van der Waals surface area (Å²) in [6.45, 7) is 0. The quantitative estimate of drug-likeness (QED) is 0.753. The van der Waals surface area contributed by atoms with Crippen molar-refractivity contribution < 1.29 is 14.4 Å². The van der Waals surface area contributed by atoms with E-state index in [4.69, 9.17) is 15.4 Å². The first kappa shape index (κ1) is 11.4. The van der Waals surface area contributed by atoms with E-state index in [0.29, 0.717) is 23.3 Å². The Hall–Kier alpha value is -1.08. The minimum absolute atomic E-state index is 0.344. The van der Waals surface area contributed by atoms with Gasteiger partial charge in [0.25, 0.3) is 0 Å². The molecule has 7 heteroatoms. The Morgan fingerprint density at radius 1 is 1.69 bits per heavy atom. The van der Waals surface area contributed by atoms with Crippen molar-refractivity contribution in [2.75, 3.05) is 5.75 Å². The maximum atomic E-state index is 10.5. The molecule has 3 N–H and O–H groups in total. The average molecular weight is 243 g/mol. The van der Waals surface area contributed by atoms with Gasteiger partial charge in [0, 0.05) is 11.7 Å². The Balaban J connectivity index is 1.74. The molecular weight excluding hydrogens is 230 g/mol. The lowest BCUT2D eigenvalue weighted by Gasteiger charge is -2.03. The lowest BCUT2D eigenvalue weighted by atomic mass is 10.4. The van der Waals surface area contributed by atoms with E-state index < -0.39 is 12.0 Å². The first-order valence-corrected chi connectivity index (χ1v) is 6.21. The Morgan fingerprint density at radius 2 is 2.44 bits per heavy atom. The third-order valence-electron chi connectivity index (χ3n) is 2.27. The Bertz CT molecular complexity index is 378. The molecule has 6 nitrogen and oxygen atoms in total. The highest BCUT2D eigenvalue weighted by atomic mass is 32.2. The molecule has 1 atom stereocenters. The van der Waals surface area contributed by atoms with Crippen LogP contribution in [0.15, 0.2) is 4.52 Å². The Kier molecular flexibility index (Phi) is 3.45. The van der Waals surface area contributed by atoms with Gasteiger partial charge in [-0.1, -0.05) is 5.16 Å². The summed E-state index contributed by atoms with van der Waals surface area (Å²) in [5.74, 6) is 1.67. The van der Waals surface area contributed by atoms with E-state index in [2.05, 4.69) is 10.1 Å². The van der Waals surface area contributed by atoms with Gasteiger partial charge in [-0.2, -0.15) is 4.98 Å². The van der Waals surface area contributed by atoms with E-state index in [-0.39, 0.29) is 0 Å². The summed E-state index contributed by atoms with van der Waals surface area (Å²) in [6, 6.07) is -0.837. The van der Waals surface area contributed by atoms with Crippen molar-refractivity contribution in [2.24, 2.45) is 5.73 Å². The summed E-state index contributed by atoms with van der Waals surface area (Å²) in [4.78, 5) is 14.7. The number of nitrogens with two attached hydrogens (primary N) is 1. The average Bonchev–Trinajstić information content (AvgIpc) is 2.99. The largest absolute Gasteiger partial charge is 0.480 e. The van der Waals surface area contributed by atoms with Crippen LogP contribution >= 0.6 is 11.8 Å². The molecule has 16 heavy (non-hydrogen) atoms. The van der Waals surface area contributed by atoms with Crippen LogP contribution in [0.1, 0.15) is 30.5 Å². The lowest BCUT2D eigenvalue weighted by Crippen LogP contribution is -2.32. The van der Waals surface area contributed by atoms with E-state index in [1.165, 1.54) is 11.8 Å². The van der Waals surface area contributed by atoms with Crippen LogP contribution < -0.4 is 5.73 Å². The molecule has 1 aromatic heterocycles. The number of rotatable bonds is 6. The molecule has 0 unspecified atom stereocenters. The second-order valence-electron chi connectivity index (χ2n) is 3.78. The van der Waals surface area contributed by atoms with Crippen LogP contribution in [0.3, 0.4) is 0 Å². The van der Waals surface area contributed by atoms with Crippen LogP contribution in [-0.2, 0) is 10.5 Å². The van der Waals surface area contributed by atoms with Gasteiger partial charge in [-0.3, -0.25) is 4.79 Å². The van der Waals surface area contributed by atoms with E-state index in [1.54, 1.807) is 0 Å². The lowest BCUT2D eigenvalue weighted by molar-refractivity contribution is -0.137. The summed E-state index contributed by atoms with van der Waals surface area (Å²) in [7, 11) is 0. The molecule has 1 aliphatic rings. The number of hydrogen-bond donors (Lipinski definition) is 2. The molecule has 1 fully saturated rings. The van der Waals surface area contributed by atoms with Gasteiger partial charge in [0.1, 0.15) is 6.04 Å². The number of nitrogens with zero attached hydrogens (tertiary/aromatic N) is 2. The topological polar surface area (TPSA) is 102 Å². The summed E-state index contributed by atoms with van der Waals surface area (Å²) < 4.78 is 5.04. The van der Waals surface area contributed by atoms with Crippen molar-refractivity contribution in [3.8, 4) is 0 Å². The SMILES string of the molecule is N[C@@H](CSCc1nc(C2CC2)no1)C(=O)O. The number of aromatic nitrogens is 2. The smallest absolute Gasteiger partial charge is 0.321 e. The minimum Gasteiger partial charge on any atom is -0.480 e. The van der Waals surface area contributed by atoms with Gasteiger partial charge in [-0.05, 0) is 12.8 Å². The van der Waals surface area contributed by atoms with Crippen LogP contribution in [0.5, 0.6) is 0 Å². The highest BCUT2D eigenvalue weighted by molar-refractivity contribution is 7.98. The standard InChI is InChI=1S/C9H13N3O3S/c10-6(9(13)14)3-16-4-7-11-8(12-15-7)5-1-2-5/h5-6H,1-4,10H2,(H,13,14)/t6-/m0/s1. The van der Waals surface area contributed by atoms with Gasteiger partial charge < -0.3 is 15.4 Å². The molecule has 0 aromatic carbocycles. The maximum absolute atomic E-state index is 10.5. The molecule has 0 spiro atoms. The predicted molar refractivity (Wildman–Crippen MR) is 58.0 cm³/mol. The van der Waals surface area contributed by atoms with Crippen LogP contribution in [0, 0.1) is 0 Å². The highest BCUT2D eigenvalue weighted by Crippen LogP contribution is 2.38. The molecule has 0 amide bonds. The zero-order chi connectivity index (χ0) is 11.5. The van der Waals surface area contributed by atoms with Gasteiger partial charge >= 0.3 is 5.97 Å². The molecule has 2 rings (SSSR count). The summed E-state index contributed by atoms with van der Waals surface area (Å²) in [6.07, 6.45) is 2.27. The van der Waals surface area contributed by atoms with Crippen molar-refractivity contribution in [2.45, 2.75) is 30.6 Å². The molecular formula is C9H13N3O3S. The van der Waals surface area contributed by atoms with Crippen molar-refractivity contribution in [3.05, 3.63) is 11.7 Å². The molecule has 0 aliphatic heterocycles. The van der Waals surface area contributed by atoms with Crippen LogP contribution in [-0.4, -0.2) is 33.0 Å². The number of carboxylic acid groups (broad SMARTS) is 1. The van der Waals surface area contributed by atoms with Crippen molar-refractivity contribution >= 4 is 17.7 Å². The number of carboxylic acids is 1. The van der Waals surface area contributed by atoms with Gasteiger partial charge in [-0.15, -0.1) is 11.8 Å². The fraction of sp³-hybridized carbons (Fsp3) is 0.667. The summed E-state index contributed by atoms with van der Waals surface area (Å²) in [5, 5.41) is 12.4. The Labute approximate surface area is 96.6 Å². The van der Waals surface area contributed by atoms with Crippen LogP contribution in [0.2, 0.25) is 0 Å². The van der Waals surface area contributed by atoms with E-state index >= 15 is 0 Å². The monoisotopic (exact) mass is 243 g/mol. The second kappa shape index (κ2) is 4.84. The Morgan fingerprint density at radius 3 is 3.06 bits per heavy atom. The normalized spacial score (nSPS) is 17.3. The van der Waals surface area contributed by atoms with Gasteiger partial charge in [-0.25, -0.2) is 0 Å². The van der Waals surface area contributed by atoms with E-state index in [0.717, 1.165) is 18.7 Å². The van der Waals surface area contributed by atoms with Gasteiger partial charge in [0.15, 0.2) is 5.82 Å². The molecule has 0 saturated heterocycles. The molecule has 1 aliphatic carbocycles. The maximum Gasteiger partial charge on any atom is 0.321 e. The molecule has 0 bridgehead atoms. The van der Waals surface area contributed by atoms with Crippen molar-refractivity contribution in [1.29, 1.82) is 0 Å². The predicted octanol–water partition coefficient (Wildman–Crippen LogP) is 0.592. The second-order valence-corrected chi connectivity index (χ2v) is 4.81. The summed E-state index contributed by atoms with van der Waals surface area (Å²) in [5.41, 5.74) is 5.36. The highest BCUT2D eigenvalue weighted by Gasteiger charge is 2.28. The first-order valence-electron chi connectivity index (χ1n) is 5.05. The van der Waals surface area contributed by atoms with E-state index in [1.807, 2.05) is 0 Å². The molecule has 0 radical (unpaired) electrons. The third kappa shape index (κ3) is 2.96. The van der Waals surface area contributed by atoms with Crippen molar-refractivity contribution in [3.63, 3.8) is 0 Å². The number of aliphatic carboxylic acids is 1. The zero-order valence-corrected chi connectivity index (χ0v) is 9.44. The number of thioether (sulfide) groups is 1. The fourth-order valence-electron chi connectivity index (χ4n) is 1.18. The number of carbonyl (C=O) groups is 1. The molecule has 88 valence electrons. The van der Waals surface area contributed by atoms with Gasteiger partial charge in [0.2, 0.25) is 5.89 Å². The zero-order valence-electron chi connectivity index (χ0n) is 8.63. The first-order chi connectivity index (χ1) is 7.66. The third-order valence-corrected chi connectivity index (χ3v) is 3.31. The molecule has 1 saturated carbocycles. The van der Waals surface area contributed by atoms with Crippen LogP contribution in [0.4, 0.5) is 0 Å². The van der Waals surface area contributed by atoms with E-state index in [9.17, 15) is 4.79 Å². The fourth-order valence-corrected chi connectivity index (χ4v) is 1.98.